The third-order valence-corrected chi connectivity index (χ3v) is 5.61. The lowest BCUT2D eigenvalue weighted by Crippen LogP contribution is -2.26. The number of thiophene rings is 1. The van der Waals surface area contributed by atoms with E-state index in [9.17, 15) is 0 Å². The molecule has 1 aliphatic rings. The van der Waals surface area contributed by atoms with Crippen LogP contribution in [-0.2, 0) is 0 Å². The van der Waals surface area contributed by atoms with Crippen molar-refractivity contribution in [3.63, 3.8) is 0 Å². The van der Waals surface area contributed by atoms with Gasteiger partial charge in [-0.05, 0) is 49.7 Å². The summed E-state index contributed by atoms with van der Waals surface area (Å²) >= 11 is 1.93. The molecule has 1 N–H and O–H groups in total. The predicted molar refractivity (Wildman–Crippen MR) is 84.8 cm³/mol. The van der Waals surface area contributed by atoms with E-state index in [1.807, 2.05) is 11.3 Å². The molecular weight excluding hydrogens is 250 g/mol. The first kappa shape index (κ1) is 13.1. The summed E-state index contributed by atoms with van der Waals surface area (Å²) < 4.78 is 1.41. The first-order valence-corrected chi connectivity index (χ1v) is 8.36. The van der Waals surface area contributed by atoms with Gasteiger partial charge in [0.05, 0.1) is 0 Å². The summed E-state index contributed by atoms with van der Waals surface area (Å²) in [7, 11) is 0. The van der Waals surface area contributed by atoms with Gasteiger partial charge in [0.15, 0.2) is 0 Å². The van der Waals surface area contributed by atoms with Gasteiger partial charge in [-0.2, -0.15) is 0 Å². The number of hydrogen-bond acceptors (Lipinski definition) is 2. The average molecular weight is 273 g/mol. The quantitative estimate of drug-likeness (QED) is 0.814. The molecule has 1 unspecified atom stereocenters. The van der Waals surface area contributed by atoms with E-state index in [0.717, 1.165) is 5.92 Å². The fraction of sp³-hybridized carbons (Fsp3) is 0.529. The third-order valence-electron chi connectivity index (χ3n) is 4.31. The van der Waals surface area contributed by atoms with Crippen LogP contribution in [0.15, 0.2) is 30.3 Å². The van der Waals surface area contributed by atoms with Gasteiger partial charge in [-0.1, -0.05) is 37.5 Å². The number of nitrogens with one attached hydrogen (secondary N) is 1. The first-order chi connectivity index (χ1) is 9.33. The molecule has 1 fully saturated rings. The lowest BCUT2D eigenvalue weighted by atomic mass is 9.89. The maximum Gasteiger partial charge on any atom is 0.0386 e. The van der Waals surface area contributed by atoms with Gasteiger partial charge in [0.1, 0.15) is 0 Å². The van der Waals surface area contributed by atoms with E-state index in [4.69, 9.17) is 0 Å². The maximum atomic E-state index is 3.74. The van der Waals surface area contributed by atoms with Crippen LogP contribution in [0.5, 0.6) is 0 Å². The zero-order valence-electron chi connectivity index (χ0n) is 11.7. The number of fused-ring (bicyclic) bond motifs is 1. The van der Waals surface area contributed by atoms with Crippen LogP contribution in [0, 0.1) is 5.92 Å². The van der Waals surface area contributed by atoms with Crippen molar-refractivity contribution in [2.45, 2.75) is 45.1 Å². The van der Waals surface area contributed by atoms with Gasteiger partial charge >= 0.3 is 0 Å². The zero-order valence-corrected chi connectivity index (χ0v) is 12.5. The molecule has 1 saturated carbocycles. The number of rotatable bonds is 4. The van der Waals surface area contributed by atoms with Crippen LogP contribution in [0.2, 0.25) is 0 Å². The van der Waals surface area contributed by atoms with Crippen molar-refractivity contribution in [2.24, 2.45) is 5.92 Å². The average Bonchev–Trinajstić information content (AvgIpc) is 2.90. The van der Waals surface area contributed by atoms with Gasteiger partial charge in [0, 0.05) is 15.6 Å². The van der Waals surface area contributed by atoms with Gasteiger partial charge in [0.2, 0.25) is 0 Å². The van der Waals surface area contributed by atoms with Gasteiger partial charge in [-0.25, -0.2) is 0 Å². The highest BCUT2D eigenvalue weighted by atomic mass is 32.1. The van der Waals surface area contributed by atoms with E-state index in [-0.39, 0.29) is 0 Å². The monoisotopic (exact) mass is 273 g/mol. The Morgan fingerprint density at radius 1 is 1.21 bits per heavy atom. The van der Waals surface area contributed by atoms with E-state index in [1.165, 1.54) is 53.6 Å². The Morgan fingerprint density at radius 2 is 2.00 bits per heavy atom. The Hall–Kier alpha value is -0.860. The van der Waals surface area contributed by atoms with Gasteiger partial charge in [0.25, 0.3) is 0 Å². The molecule has 1 aromatic carbocycles. The Morgan fingerprint density at radius 3 is 2.79 bits per heavy atom. The molecule has 1 aliphatic carbocycles. The summed E-state index contributed by atoms with van der Waals surface area (Å²) in [6.07, 6.45) is 7.16. The Bertz CT molecular complexity index is 492. The van der Waals surface area contributed by atoms with Crippen molar-refractivity contribution in [1.29, 1.82) is 0 Å². The van der Waals surface area contributed by atoms with Crippen molar-refractivity contribution in [3.8, 4) is 0 Å². The highest BCUT2D eigenvalue weighted by molar-refractivity contribution is 7.19. The van der Waals surface area contributed by atoms with Crippen molar-refractivity contribution in [1.82, 2.24) is 5.32 Å². The molecule has 102 valence electrons. The second kappa shape index (κ2) is 6.06. The Kier molecular flexibility index (Phi) is 4.19. The molecule has 0 bridgehead atoms. The second-order valence-corrected chi connectivity index (χ2v) is 6.94. The molecule has 0 amide bonds. The topological polar surface area (TPSA) is 12.0 Å². The van der Waals surface area contributed by atoms with Crippen LogP contribution in [0.4, 0.5) is 0 Å². The highest BCUT2D eigenvalue weighted by Gasteiger charge is 2.15. The minimum Gasteiger partial charge on any atom is -0.309 e. The summed E-state index contributed by atoms with van der Waals surface area (Å²) in [5, 5.41) is 5.12. The van der Waals surface area contributed by atoms with Crippen molar-refractivity contribution >= 4 is 21.4 Å². The number of benzene rings is 1. The second-order valence-electron chi connectivity index (χ2n) is 5.82. The lowest BCUT2D eigenvalue weighted by molar-refractivity contribution is 0.332. The molecule has 19 heavy (non-hydrogen) atoms. The molecule has 1 aromatic heterocycles. The normalized spacial score (nSPS) is 18.8. The molecule has 0 spiro atoms. The van der Waals surface area contributed by atoms with Gasteiger partial charge in [-0.3, -0.25) is 0 Å². The minimum absolute atomic E-state index is 0.485. The Labute approximate surface area is 120 Å². The smallest absolute Gasteiger partial charge is 0.0386 e. The largest absolute Gasteiger partial charge is 0.309 e. The minimum atomic E-state index is 0.485. The fourth-order valence-corrected chi connectivity index (χ4v) is 4.14. The van der Waals surface area contributed by atoms with Gasteiger partial charge in [-0.15, -0.1) is 11.3 Å². The summed E-state index contributed by atoms with van der Waals surface area (Å²) in [5.74, 6) is 0.908. The molecule has 1 heterocycles. The van der Waals surface area contributed by atoms with E-state index in [0.29, 0.717) is 6.04 Å². The maximum absolute atomic E-state index is 3.74. The van der Waals surface area contributed by atoms with Crippen LogP contribution in [0.3, 0.4) is 0 Å². The molecule has 3 rings (SSSR count). The molecule has 2 heteroatoms. The van der Waals surface area contributed by atoms with Crippen molar-refractivity contribution < 1.29 is 0 Å². The van der Waals surface area contributed by atoms with Crippen LogP contribution in [0.25, 0.3) is 10.1 Å². The van der Waals surface area contributed by atoms with Gasteiger partial charge < -0.3 is 5.32 Å². The fourth-order valence-electron chi connectivity index (χ4n) is 3.05. The molecule has 2 aromatic rings. The molecule has 1 nitrogen and oxygen atoms in total. The van der Waals surface area contributed by atoms with Crippen LogP contribution >= 0.6 is 11.3 Å². The van der Waals surface area contributed by atoms with E-state index in [1.54, 1.807) is 0 Å². The zero-order chi connectivity index (χ0) is 13.1. The van der Waals surface area contributed by atoms with Crippen molar-refractivity contribution in [3.05, 3.63) is 35.2 Å². The molecule has 0 saturated heterocycles. The molecule has 1 atom stereocenters. The Balaban J connectivity index is 1.61. The standard InChI is InChI=1S/C17H23NS/c1-13(18-12-14-7-3-2-4-8-14)17-11-15-9-5-6-10-16(15)19-17/h5-6,9-11,13-14,18H,2-4,7-8,12H2,1H3. The first-order valence-electron chi connectivity index (χ1n) is 7.55. The predicted octanol–water partition coefficient (Wildman–Crippen LogP) is 5.13. The SMILES string of the molecule is CC(NCC1CCCCC1)c1cc2ccccc2s1. The molecule has 0 radical (unpaired) electrons. The molecule has 0 aliphatic heterocycles. The summed E-state index contributed by atoms with van der Waals surface area (Å²) in [4.78, 5) is 1.47. The number of hydrogen-bond donors (Lipinski definition) is 1. The summed E-state index contributed by atoms with van der Waals surface area (Å²) in [6.45, 7) is 3.49. The lowest BCUT2D eigenvalue weighted by Gasteiger charge is -2.23. The summed E-state index contributed by atoms with van der Waals surface area (Å²) in [6, 6.07) is 11.5. The van der Waals surface area contributed by atoms with Crippen molar-refractivity contribution in [2.75, 3.05) is 6.54 Å². The highest BCUT2D eigenvalue weighted by Crippen LogP contribution is 2.30. The van der Waals surface area contributed by atoms with Crippen LogP contribution in [0.1, 0.15) is 49.9 Å². The van der Waals surface area contributed by atoms with E-state index >= 15 is 0 Å². The summed E-state index contributed by atoms with van der Waals surface area (Å²) in [5.41, 5.74) is 0. The van der Waals surface area contributed by atoms with E-state index in [2.05, 4.69) is 42.6 Å². The van der Waals surface area contributed by atoms with E-state index < -0.39 is 0 Å². The van der Waals surface area contributed by atoms with Crippen LogP contribution < -0.4 is 5.32 Å². The van der Waals surface area contributed by atoms with Crippen LogP contribution in [-0.4, -0.2) is 6.54 Å². The molecular formula is C17H23NS. The third kappa shape index (κ3) is 3.18.